The molecule has 0 aromatic heterocycles. The van der Waals surface area contributed by atoms with E-state index in [1.165, 1.54) is 17.7 Å². The van der Waals surface area contributed by atoms with Crippen molar-refractivity contribution in [2.75, 3.05) is 0 Å². The summed E-state index contributed by atoms with van der Waals surface area (Å²) in [5.74, 6) is -0.308. The second kappa shape index (κ2) is 6.00. The average Bonchev–Trinajstić information content (AvgIpc) is 2.48. The minimum Gasteiger partial charge on any atom is -0.302 e. The number of carbonyl (C=O) groups excluding carboxylic acids is 1. The van der Waals surface area contributed by atoms with Crippen LogP contribution in [0.5, 0.6) is 0 Å². The van der Waals surface area contributed by atoms with E-state index in [-0.39, 0.29) is 5.82 Å². The summed E-state index contributed by atoms with van der Waals surface area (Å²) in [6.07, 6.45) is 2.48. The molecule has 104 valence electrons. The van der Waals surface area contributed by atoms with Crippen LogP contribution in [0.1, 0.15) is 30.5 Å². The summed E-state index contributed by atoms with van der Waals surface area (Å²) in [5, 5.41) is 0. The number of benzene rings is 2. The molecular formula is C18H19FO. The third-order valence-electron chi connectivity index (χ3n) is 3.75. The van der Waals surface area contributed by atoms with Crippen LogP contribution < -0.4 is 0 Å². The number of hydrogen-bond acceptors (Lipinski definition) is 1. The van der Waals surface area contributed by atoms with Gasteiger partial charge in [-0.25, -0.2) is 4.39 Å². The van der Waals surface area contributed by atoms with Crippen molar-refractivity contribution in [1.82, 2.24) is 0 Å². The second-order valence-corrected chi connectivity index (χ2v) is 5.39. The highest BCUT2D eigenvalue weighted by Crippen LogP contribution is 2.27. The zero-order chi connectivity index (χ0) is 14.6. The molecule has 0 amide bonds. The predicted octanol–water partition coefficient (Wildman–Crippen LogP) is 4.09. The first-order valence-electron chi connectivity index (χ1n) is 6.87. The number of carbonyl (C=O) groups is 1. The lowest BCUT2D eigenvalue weighted by Gasteiger charge is -2.24. The minimum atomic E-state index is -0.699. The normalized spacial score (nSPS) is 13.8. The Morgan fingerprint density at radius 3 is 2.30 bits per heavy atom. The van der Waals surface area contributed by atoms with Crippen LogP contribution in [0.4, 0.5) is 4.39 Å². The van der Waals surface area contributed by atoms with Crippen LogP contribution in [0.3, 0.4) is 0 Å². The fraction of sp³-hybridized carbons (Fsp3) is 0.278. The number of rotatable bonds is 5. The minimum absolute atomic E-state index is 0.308. The third kappa shape index (κ3) is 3.13. The van der Waals surface area contributed by atoms with Crippen molar-refractivity contribution in [1.29, 1.82) is 0 Å². The van der Waals surface area contributed by atoms with E-state index in [2.05, 4.69) is 19.1 Å². The lowest BCUT2D eigenvalue weighted by molar-refractivity contribution is -0.112. The fourth-order valence-electron chi connectivity index (χ4n) is 2.37. The van der Waals surface area contributed by atoms with Crippen molar-refractivity contribution < 1.29 is 9.18 Å². The Balaban J connectivity index is 2.28. The zero-order valence-electron chi connectivity index (χ0n) is 11.9. The molecule has 0 aliphatic heterocycles. The summed E-state index contributed by atoms with van der Waals surface area (Å²) in [5.41, 5.74) is 2.37. The molecule has 20 heavy (non-hydrogen) atoms. The highest BCUT2D eigenvalue weighted by Gasteiger charge is 2.26. The SMILES string of the molecule is CCc1ccc(CC(C)(C=O)c2cccc(F)c2)cc1. The van der Waals surface area contributed by atoms with E-state index < -0.39 is 5.41 Å². The van der Waals surface area contributed by atoms with Crippen molar-refractivity contribution in [2.45, 2.75) is 32.1 Å². The largest absolute Gasteiger partial charge is 0.302 e. The maximum atomic E-state index is 13.4. The molecular weight excluding hydrogens is 251 g/mol. The number of halogens is 1. The van der Waals surface area contributed by atoms with E-state index in [1.54, 1.807) is 12.1 Å². The van der Waals surface area contributed by atoms with Gasteiger partial charge in [-0.05, 0) is 48.6 Å². The first kappa shape index (κ1) is 14.4. The van der Waals surface area contributed by atoms with Crippen molar-refractivity contribution in [3.63, 3.8) is 0 Å². The topological polar surface area (TPSA) is 17.1 Å². The molecule has 0 saturated heterocycles. The maximum Gasteiger partial charge on any atom is 0.130 e. The quantitative estimate of drug-likeness (QED) is 0.748. The van der Waals surface area contributed by atoms with Crippen LogP contribution in [0.2, 0.25) is 0 Å². The summed E-state index contributed by atoms with van der Waals surface area (Å²) >= 11 is 0. The Morgan fingerprint density at radius 1 is 1.10 bits per heavy atom. The first-order chi connectivity index (χ1) is 9.57. The molecule has 1 unspecified atom stereocenters. The number of aryl methyl sites for hydroxylation is 1. The van der Waals surface area contributed by atoms with E-state index in [0.717, 1.165) is 18.3 Å². The van der Waals surface area contributed by atoms with Crippen molar-refractivity contribution in [2.24, 2.45) is 0 Å². The van der Waals surface area contributed by atoms with Gasteiger partial charge in [-0.15, -0.1) is 0 Å². The Hall–Kier alpha value is -1.96. The van der Waals surface area contributed by atoms with E-state index in [9.17, 15) is 9.18 Å². The maximum absolute atomic E-state index is 13.4. The van der Waals surface area contributed by atoms with Crippen LogP contribution in [0.15, 0.2) is 48.5 Å². The van der Waals surface area contributed by atoms with Crippen LogP contribution in [-0.4, -0.2) is 6.29 Å². The Kier molecular flexibility index (Phi) is 4.33. The summed E-state index contributed by atoms with van der Waals surface area (Å²) in [4.78, 5) is 11.5. The van der Waals surface area contributed by atoms with Crippen molar-refractivity contribution >= 4 is 6.29 Å². The predicted molar refractivity (Wildman–Crippen MR) is 79.3 cm³/mol. The molecule has 0 N–H and O–H groups in total. The molecule has 0 fully saturated rings. The molecule has 0 bridgehead atoms. The molecule has 0 aliphatic carbocycles. The molecule has 0 aliphatic rings. The van der Waals surface area contributed by atoms with Gasteiger partial charge in [-0.3, -0.25) is 0 Å². The highest BCUT2D eigenvalue weighted by molar-refractivity contribution is 5.68. The van der Waals surface area contributed by atoms with Gasteiger partial charge in [0.2, 0.25) is 0 Å². The smallest absolute Gasteiger partial charge is 0.130 e. The molecule has 2 aromatic rings. The fourth-order valence-corrected chi connectivity index (χ4v) is 2.37. The number of hydrogen-bond donors (Lipinski definition) is 0. The summed E-state index contributed by atoms with van der Waals surface area (Å²) in [6, 6.07) is 14.5. The van der Waals surface area contributed by atoms with Crippen LogP contribution in [0, 0.1) is 5.82 Å². The van der Waals surface area contributed by atoms with Crippen molar-refractivity contribution in [3.05, 3.63) is 71.0 Å². The van der Waals surface area contributed by atoms with E-state index in [1.807, 2.05) is 19.1 Å². The molecule has 0 saturated carbocycles. The first-order valence-corrected chi connectivity index (χ1v) is 6.87. The molecule has 0 spiro atoms. The van der Waals surface area contributed by atoms with Gasteiger partial charge in [0.05, 0.1) is 5.41 Å². The van der Waals surface area contributed by atoms with Gasteiger partial charge < -0.3 is 4.79 Å². The average molecular weight is 270 g/mol. The van der Waals surface area contributed by atoms with E-state index >= 15 is 0 Å². The van der Waals surface area contributed by atoms with E-state index in [4.69, 9.17) is 0 Å². The Bertz CT molecular complexity index is 589. The number of aldehydes is 1. The molecule has 2 heteroatoms. The van der Waals surface area contributed by atoms with Gasteiger partial charge in [-0.1, -0.05) is 43.3 Å². The van der Waals surface area contributed by atoms with Crippen LogP contribution >= 0.6 is 0 Å². The molecule has 1 nitrogen and oxygen atoms in total. The van der Waals surface area contributed by atoms with Crippen LogP contribution in [0.25, 0.3) is 0 Å². The van der Waals surface area contributed by atoms with Crippen LogP contribution in [-0.2, 0) is 23.1 Å². The van der Waals surface area contributed by atoms with Gasteiger partial charge in [0.25, 0.3) is 0 Å². The highest BCUT2D eigenvalue weighted by atomic mass is 19.1. The summed E-state index contributed by atoms with van der Waals surface area (Å²) in [7, 11) is 0. The third-order valence-corrected chi connectivity index (χ3v) is 3.75. The molecule has 1 atom stereocenters. The van der Waals surface area contributed by atoms with E-state index in [0.29, 0.717) is 12.0 Å². The van der Waals surface area contributed by atoms with Gasteiger partial charge in [0.15, 0.2) is 0 Å². The Labute approximate surface area is 119 Å². The molecule has 0 radical (unpaired) electrons. The van der Waals surface area contributed by atoms with Gasteiger partial charge in [0.1, 0.15) is 12.1 Å². The molecule has 2 rings (SSSR count). The van der Waals surface area contributed by atoms with Gasteiger partial charge >= 0.3 is 0 Å². The summed E-state index contributed by atoms with van der Waals surface area (Å²) in [6.45, 7) is 3.96. The monoisotopic (exact) mass is 270 g/mol. The van der Waals surface area contributed by atoms with Gasteiger partial charge in [0, 0.05) is 0 Å². The molecule has 2 aromatic carbocycles. The zero-order valence-corrected chi connectivity index (χ0v) is 11.9. The second-order valence-electron chi connectivity index (χ2n) is 5.39. The van der Waals surface area contributed by atoms with Crippen molar-refractivity contribution in [3.8, 4) is 0 Å². The summed E-state index contributed by atoms with van der Waals surface area (Å²) < 4.78 is 13.4. The van der Waals surface area contributed by atoms with Gasteiger partial charge in [-0.2, -0.15) is 0 Å². The Morgan fingerprint density at radius 2 is 1.75 bits per heavy atom. The molecule has 0 heterocycles. The lowest BCUT2D eigenvalue weighted by Crippen LogP contribution is -2.27. The standard InChI is InChI=1S/C18H19FO/c1-3-14-7-9-15(10-8-14)12-18(2,13-20)16-5-4-6-17(19)11-16/h4-11,13H,3,12H2,1-2H3. The lowest BCUT2D eigenvalue weighted by atomic mass is 9.78.